The number of ether oxygens (including phenoxy) is 1. The zero-order valence-electron chi connectivity index (χ0n) is 9.57. The Labute approximate surface area is 95.6 Å². The van der Waals surface area contributed by atoms with Crippen LogP contribution >= 0.6 is 0 Å². The monoisotopic (exact) mass is 222 g/mol. The molecule has 2 N–H and O–H groups in total. The van der Waals surface area contributed by atoms with Gasteiger partial charge in [-0.2, -0.15) is 0 Å². The van der Waals surface area contributed by atoms with E-state index >= 15 is 0 Å². The summed E-state index contributed by atoms with van der Waals surface area (Å²) >= 11 is 0. The van der Waals surface area contributed by atoms with E-state index in [1.165, 1.54) is 12.8 Å². The van der Waals surface area contributed by atoms with Crippen molar-refractivity contribution >= 4 is 11.6 Å². The standard InChI is InChI=1S/C11H18N4O/c1-12-10-7-13-8-11(15-10)14-6-9-4-2-3-5-16-9/h7-9H,2-6H2,1H3,(H2,12,14,15). The third kappa shape index (κ3) is 3.06. The van der Waals surface area contributed by atoms with Gasteiger partial charge in [0.2, 0.25) is 0 Å². The molecule has 0 aromatic carbocycles. The fourth-order valence-electron chi connectivity index (χ4n) is 1.76. The molecule has 0 radical (unpaired) electrons. The van der Waals surface area contributed by atoms with Crippen LogP contribution in [0.4, 0.5) is 11.6 Å². The first-order valence-corrected chi connectivity index (χ1v) is 5.74. The first-order chi connectivity index (χ1) is 7.88. The van der Waals surface area contributed by atoms with Gasteiger partial charge in [0.15, 0.2) is 0 Å². The van der Waals surface area contributed by atoms with Crippen LogP contribution in [0.15, 0.2) is 12.4 Å². The Kier molecular flexibility index (Phi) is 3.93. The van der Waals surface area contributed by atoms with Gasteiger partial charge < -0.3 is 15.4 Å². The molecule has 88 valence electrons. The number of anilines is 2. The van der Waals surface area contributed by atoms with Crippen LogP contribution in [0.1, 0.15) is 19.3 Å². The van der Waals surface area contributed by atoms with Crippen molar-refractivity contribution in [3.05, 3.63) is 12.4 Å². The Hall–Kier alpha value is -1.36. The average Bonchev–Trinajstić information content (AvgIpc) is 2.38. The zero-order valence-corrected chi connectivity index (χ0v) is 9.57. The number of aromatic nitrogens is 2. The van der Waals surface area contributed by atoms with Crippen molar-refractivity contribution in [3.8, 4) is 0 Å². The molecule has 16 heavy (non-hydrogen) atoms. The summed E-state index contributed by atoms with van der Waals surface area (Å²) in [6.07, 6.45) is 7.31. The van der Waals surface area contributed by atoms with E-state index in [1.54, 1.807) is 12.4 Å². The number of hydrogen-bond donors (Lipinski definition) is 2. The Bertz CT molecular complexity index is 326. The van der Waals surface area contributed by atoms with Gasteiger partial charge in [0.1, 0.15) is 11.6 Å². The van der Waals surface area contributed by atoms with Crippen LogP contribution in [-0.4, -0.2) is 36.3 Å². The first kappa shape index (κ1) is 11.1. The highest BCUT2D eigenvalue weighted by Crippen LogP contribution is 2.13. The van der Waals surface area contributed by atoms with Gasteiger partial charge in [-0.1, -0.05) is 0 Å². The second-order valence-corrected chi connectivity index (χ2v) is 3.91. The predicted octanol–water partition coefficient (Wildman–Crippen LogP) is 1.50. The quantitative estimate of drug-likeness (QED) is 0.808. The molecule has 2 rings (SSSR count). The van der Waals surface area contributed by atoms with E-state index in [9.17, 15) is 0 Å². The van der Waals surface area contributed by atoms with Crippen molar-refractivity contribution in [2.24, 2.45) is 0 Å². The molecule has 5 heteroatoms. The summed E-state index contributed by atoms with van der Waals surface area (Å²) in [5.41, 5.74) is 0. The van der Waals surface area contributed by atoms with Gasteiger partial charge in [-0.25, -0.2) is 4.98 Å². The summed E-state index contributed by atoms with van der Waals surface area (Å²) in [6, 6.07) is 0. The van der Waals surface area contributed by atoms with Crippen molar-refractivity contribution < 1.29 is 4.74 Å². The number of nitrogens with zero attached hydrogens (tertiary/aromatic N) is 2. The van der Waals surface area contributed by atoms with E-state index in [-0.39, 0.29) is 0 Å². The Morgan fingerprint density at radius 3 is 3.00 bits per heavy atom. The molecule has 0 bridgehead atoms. The van der Waals surface area contributed by atoms with Crippen LogP contribution in [-0.2, 0) is 4.74 Å². The van der Waals surface area contributed by atoms with Gasteiger partial charge in [-0.3, -0.25) is 4.98 Å². The average molecular weight is 222 g/mol. The van der Waals surface area contributed by atoms with E-state index in [0.29, 0.717) is 6.10 Å². The van der Waals surface area contributed by atoms with Crippen LogP contribution < -0.4 is 10.6 Å². The maximum absolute atomic E-state index is 5.63. The molecular weight excluding hydrogens is 204 g/mol. The molecule has 1 aliphatic heterocycles. The van der Waals surface area contributed by atoms with Gasteiger partial charge in [0.25, 0.3) is 0 Å². The molecular formula is C11H18N4O. The molecule has 0 spiro atoms. The molecule has 1 saturated heterocycles. The fraction of sp³-hybridized carbons (Fsp3) is 0.636. The smallest absolute Gasteiger partial charge is 0.147 e. The summed E-state index contributed by atoms with van der Waals surface area (Å²) in [6.45, 7) is 1.69. The van der Waals surface area contributed by atoms with Gasteiger partial charge in [0.05, 0.1) is 18.5 Å². The summed E-state index contributed by atoms with van der Waals surface area (Å²) < 4.78 is 5.63. The zero-order chi connectivity index (χ0) is 11.2. The normalized spacial score (nSPS) is 20.4. The lowest BCUT2D eigenvalue weighted by atomic mass is 10.1. The molecule has 0 amide bonds. The van der Waals surface area contributed by atoms with E-state index in [1.807, 2.05) is 7.05 Å². The van der Waals surface area contributed by atoms with Crippen molar-refractivity contribution in [2.75, 3.05) is 30.8 Å². The third-order valence-corrected chi connectivity index (χ3v) is 2.68. The lowest BCUT2D eigenvalue weighted by Gasteiger charge is -2.22. The second kappa shape index (κ2) is 5.65. The Morgan fingerprint density at radius 1 is 1.38 bits per heavy atom. The fourth-order valence-corrected chi connectivity index (χ4v) is 1.76. The molecule has 1 fully saturated rings. The topological polar surface area (TPSA) is 59.1 Å². The second-order valence-electron chi connectivity index (χ2n) is 3.91. The number of rotatable bonds is 4. The molecule has 2 heterocycles. The van der Waals surface area contributed by atoms with E-state index < -0.39 is 0 Å². The van der Waals surface area contributed by atoms with Gasteiger partial charge in [-0.15, -0.1) is 0 Å². The lowest BCUT2D eigenvalue weighted by Crippen LogP contribution is -2.27. The van der Waals surface area contributed by atoms with Crippen LogP contribution in [0.25, 0.3) is 0 Å². The van der Waals surface area contributed by atoms with Crippen LogP contribution in [0, 0.1) is 0 Å². The maximum Gasteiger partial charge on any atom is 0.147 e. The highest BCUT2D eigenvalue weighted by Gasteiger charge is 2.13. The summed E-state index contributed by atoms with van der Waals surface area (Å²) in [4.78, 5) is 8.43. The van der Waals surface area contributed by atoms with Gasteiger partial charge in [-0.05, 0) is 19.3 Å². The molecule has 1 aliphatic rings. The molecule has 1 unspecified atom stereocenters. The molecule has 0 saturated carbocycles. The molecule has 1 atom stereocenters. The molecule has 1 aromatic heterocycles. The van der Waals surface area contributed by atoms with E-state index in [0.717, 1.165) is 31.2 Å². The SMILES string of the molecule is CNc1cncc(NCC2CCCCO2)n1. The molecule has 5 nitrogen and oxygen atoms in total. The highest BCUT2D eigenvalue weighted by atomic mass is 16.5. The largest absolute Gasteiger partial charge is 0.376 e. The Balaban J connectivity index is 1.83. The minimum absolute atomic E-state index is 0.314. The van der Waals surface area contributed by atoms with Gasteiger partial charge >= 0.3 is 0 Å². The van der Waals surface area contributed by atoms with Crippen molar-refractivity contribution in [3.63, 3.8) is 0 Å². The minimum Gasteiger partial charge on any atom is -0.376 e. The van der Waals surface area contributed by atoms with E-state index in [2.05, 4.69) is 20.6 Å². The highest BCUT2D eigenvalue weighted by molar-refractivity contribution is 5.40. The van der Waals surface area contributed by atoms with Crippen LogP contribution in [0.3, 0.4) is 0 Å². The van der Waals surface area contributed by atoms with Crippen LogP contribution in [0.2, 0.25) is 0 Å². The molecule has 0 aliphatic carbocycles. The maximum atomic E-state index is 5.63. The Morgan fingerprint density at radius 2 is 2.25 bits per heavy atom. The summed E-state index contributed by atoms with van der Waals surface area (Å²) in [5, 5.41) is 6.21. The van der Waals surface area contributed by atoms with Gasteiger partial charge in [0, 0.05) is 20.2 Å². The minimum atomic E-state index is 0.314. The number of nitrogens with one attached hydrogen (secondary N) is 2. The molecule has 1 aromatic rings. The summed E-state index contributed by atoms with van der Waals surface area (Å²) in [5.74, 6) is 1.57. The van der Waals surface area contributed by atoms with E-state index in [4.69, 9.17) is 4.74 Å². The van der Waals surface area contributed by atoms with Crippen LogP contribution in [0.5, 0.6) is 0 Å². The van der Waals surface area contributed by atoms with Crippen molar-refractivity contribution in [1.29, 1.82) is 0 Å². The predicted molar refractivity (Wildman–Crippen MR) is 63.7 cm³/mol. The third-order valence-electron chi connectivity index (χ3n) is 2.68. The summed E-state index contributed by atoms with van der Waals surface area (Å²) in [7, 11) is 1.83. The number of hydrogen-bond acceptors (Lipinski definition) is 5. The lowest BCUT2D eigenvalue weighted by molar-refractivity contribution is 0.0247. The first-order valence-electron chi connectivity index (χ1n) is 5.74. The van der Waals surface area contributed by atoms with Crippen molar-refractivity contribution in [2.45, 2.75) is 25.4 Å². The van der Waals surface area contributed by atoms with Crippen molar-refractivity contribution in [1.82, 2.24) is 9.97 Å².